The van der Waals surface area contributed by atoms with Crippen molar-refractivity contribution >= 4 is 29.9 Å². The number of carbonyl (C=O) groups excluding carboxylic acids is 2. The Bertz CT molecular complexity index is 773. The molecule has 0 bridgehead atoms. The summed E-state index contributed by atoms with van der Waals surface area (Å²) in [5, 5.41) is 9.74. The zero-order valence-corrected chi connectivity index (χ0v) is 16.3. The molecule has 1 aromatic heterocycles. The Morgan fingerprint density at radius 2 is 1.92 bits per heavy atom. The molecular formula is C18H26ClN5O2. The molecule has 7 nitrogen and oxygen atoms in total. The van der Waals surface area contributed by atoms with Gasteiger partial charge in [0.15, 0.2) is 0 Å². The molecule has 1 aromatic carbocycles. The van der Waals surface area contributed by atoms with Gasteiger partial charge in [-0.05, 0) is 44.0 Å². The molecule has 26 heavy (non-hydrogen) atoms. The molecule has 0 aliphatic rings. The number of nitrogens with zero attached hydrogens (tertiary/aromatic N) is 2. The van der Waals surface area contributed by atoms with Crippen LogP contribution in [0.25, 0.3) is 5.69 Å². The summed E-state index contributed by atoms with van der Waals surface area (Å²) >= 11 is 0. The van der Waals surface area contributed by atoms with Gasteiger partial charge in [-0.25, -0.2) is 4.68 Å². The SMILES string of the molecule is Cc1cc(C)n(-c2cccc(NC(=O)CNC(=O)[C@@H](N)C(C)C)c2)n1.Cl. The third-order valence-corrected chi connectivity index (χ3v) is 3.83. The van der Waals surface area contributed by atoms with Gasteiger partial charge in [0.1, 0.15) is 0 Å². The van der Waals surface area contributed by atoms with E-state index < -0.39 is 6.04 Å². The van der Waals surface area contributed by atoms with Crippen molar-refractivity contribution in [3.63, 3.8) is 0 Å². The lowest BCUT2D eigenvalue weighted by Gasteiger charge is -2.15. The van der Waals surface area contributed by atoms with Crippen LogP contribution in [-0.4, -0.2) is 34.2 Å². The van der Waals surface area contributed by atoms with Gasteiger partial charge in [0, 0.05) is 11.4 Å². The maximum atomic E-state index is 12.0. The summed E-state index contributed by atoms with van der Waals surface area (Å²) in [5.41, 5.74) is 9.18. The Labute approximate surface area is 159 Å². The van der Waals surface area contributed by atoms with Crippen molar-refractivity contribution in [2.45, 2.75) is 33.7 Å². The number of hydrogen-bond acceptors (Lipinski definition) is 4. The minimum atomic E-state index is -0.623. The molecular weight excluding hydrogens is 354 g/mol. The summed E-state index contributed by atoms with van der Waals surface area (Å²) < 4.78 is 1.81. The van der Waals surface area contributed by atoms with Crippen molar-refractivity contribution in [1.82, 2.24) is 15.1 Å². The van der Waals surface area contributed by atoms with Gasteiger partial charge < -0.3 is 16.4 Å². The predicted molar refractivity (Wildman–Crippen MR) is 105 cm³/mol. The van der Waals surface area contributed by atoms with Crippen LogP contribution in [0.1, 0.15) is 25.2 Å². The fourth-order valence-corrected chi connectivity index (χ4v) is 2.40. The number of benzene rings is 1. The van der Waals surface area contributed by atoms with E-state index in [-0.39, 0.29) is 36.7 Å². The molecule has 1 atom stereocenters. The van der Waals surface area contributed by atoms with Crippen molar-refractivity contribution in [3.8, 4) is 5.69 Å². The lowest BCUT2D eigenvalue weighted by Crippen LogP contribution is -2.46. The first-order valence-electron chi connectivity index (χ1n) is 8.24. The Hall–Kier alpha value is -2.38. The number of anilines is 1. The highest BCUT2D eigenvalue weighted by atomic mass is 35.5. The molecule has 1 heterocycles. The number of halogens is 1. The second kappa shape index (κ2) is 9.35. The van der Waals surface area contributed by atoms with Gasteiger partial charge >= 0.3 is 0 Å². The molecule has 8 heteroatoms. The highest BCUT2D eigenvalue weighted by molar-refractivity contribution is 5.95. The molecule has 2 rings (SSSR count). The maximum absolute atomic E-state index is 12.0. The van der Waals surface area contributed by atoms with Crippen LogP contribution < -0.4 is 16.4 Å². The Morgan fingerprint density at radius 1 is 1.23 bits per heavy atom. The summed E-state index contributed by atoms with van der Waals surface area (Å²) in [4.78, 5) is 23.8. The van der Waals surface area contributed by atoms with Gasteiger partial charge in [-0.15, -0.1) is 12.4 Å². The molecule has 4 N–H and O–H groups in total. The van der Waals surface area contributed by atoms with Gasteiger partial charge in [0.2, 0.25) is 11.8 Å². The number of aryl methyl sites for hydroxylation is 2. The quantitative estimate of drug-likeness (QED) is 0.713. The van der Waals surface area contributed by atoms with Crippen molar-refractivity contribution in [1.29, 1.82) is 0 Å². The molecule has 142 valence electrons. The van der Waals surface area contributed by atoms with E-state index in [2.05, 4.69) is 15.7 Å². The third-order valence-electron chi connectivity index (χ3n) is 3.83. The summed E-state index contributed by atoms with van der Waals surface area (Å²) in [7, 11) is 0. The zero-order valence-electron chi connectivity index (χ0n) is 15.4. The molecule has 0 saturated heterocycles. The lowest BCUT2D eigenvalue weighted by atomic mass is 10.1. The van der Waals surface area contributed by atoms with Gasteiger partial charge in [-0.2, -0.15) is 5.10 Å². The Balaban J connectivity index is 0.00000338. The van der Waals surface area contributed by atoms with E-state index in [0.29, 0.717) is 5.69 Å². The van der Waals surface area contributed by atoms with Crippen LogP contribution in [0.15, 0.2) is 30.3 Å². The Morgan fingerprint density at radius 3 is 2.50 bits per heavy atom. The minimum Gasteiger partial charge on any atom is -0.346 e. The van der Waals surface area contributed by atoms with Crippen LogP contribution >= 0.6 is 12.4 Å². The number of carbonyl (C=O) groups is 2. The minimum absolute atomic E-state index is 0. The summed E-state index contributed by atoms with van der Waals surface area (Å²) in [6.45, 7) is 7.49. The van der Waals surface area contributed by atoms with Crippen molar-refractivity contribution in [2.75, 3.05) is 11.9 Å². The van der Waals surface area contributed by atoms with E-state index in [4.69, 9.17) is 5.73 Å². The highest BCUT2D eigenvalue weighted by Crippen LogP contribution is 2.16. The summed E-state index contributed by atoms with van der Waals surface area (Å²) in [6, 6.07) is 8.74. The number of aromatic nitrogens is 2. The monoisotopic (exact) mass is 379 g/mol. The normalized spacial score (nSPS) is 11.6. The first-order valence-corrected chi connectivity index (χ1v) is 8.24. The van der Waals surface area contributed by atoms with Gasteiger partial charge in [0.05, 0.1) is 24.0 Å². The van der Waals surface area contributed by atoms with Gasteiger partial charge in [0.25, 0.3) is 0 Å². The van der Waals surface area contributed by atoms with Crippen LogP contribution in [0.5, 0.6) is 0 Å². The van der Waals surface area contributed by atoms with Crippen molar-refractivity contribution in [2.24, 2.45) is 11.7 Å². The number of rotatable bonds is 6. The van der Waals surface area contributed by atoms with E-state index >= 15 is 0 Å². The second-order valence-corrected chi connectivity index (χ2v) is 6.43. The number of hydrogen-bond donors (Lipinski definition) is 3. The van der Waals surface area contributed by atoms with Crippen LogP contribution in [0.2, 0.25) is 0 Å². The first-order chi connectivity index (χ1) is 11.8. The zero-order chi connectivity index (χ0) is 18.6. The van der Waals surface area contributed by atoms with E-state index in [1.165, 1.54) is 0 Å². The molecule has 0 aliphatic carbocycles. The fraction of sp³-hybridized carbons (Fsp3) is 0.389. The van der Waals surface area contributed by atoms with E-state index in [1.54, 1.807) is 6.07 Å². The molecule has 0 fully saturated rings. The molecule has 2 aromatic rings. The average molecular weight is 380 g/mol. The van der Waals surface area contributed by atoms with Crippen LogP contribution in [0.3, 0.4) is 0 Å². The molecule has 0 radical (unpaired) electrons. The van der Waals surface area contributed by atoms with Crippen LogP contribution in [0.4, 0.5) is 5.69 Å². The predicted octanol–water partition coefficient (Wildman–Crippen LogP) is 1.95. The Kier molecular flexibility index (Phi) is 7.79. The topological polar surface area (TPSA) is 102 Å². The first kappa shape index (κ1) is 21.7. The number of nitrogens with two attached hydrogens (primary N) is 1. The van der Waals surface area contributed by atoms with Crippen LogP contribution in [-0.2, 0) is 9.59 Å². The summed E-state index contributed by atoms with van der Waals surface area (Å²) in [5.74, 6) is -0.628. The molecule has 0 spiro atoms. The van der Waals surface area contributed by atoms with Gasteiger partial charge in [-0.3, -0.25) is 9.59 Å². The van der Waals surface area contributed by atoms with Crippen LogP contribution in [0, 0.1) is 19.8 Å². The van der Waals surface area contributed by atoms with E-state index in [0.717, 1.165) is 17.1 Å². The van der Waals surface area contributed by atoms with Crippen molar-refractivity contribution < 1.29 is 9.59 Å². The molecule has 2 amide bonds. The third kappa shape index (κ3) is 5.57. The largest absolute Gasteiger partial charge is 0.346 e. The average Bonchev–Trinajstić information content (AvgIpc) is 2.90. The van der Waals surface area contributed by atoms with E-state index in [1.807, 2.05) is 56.6 Å². The van der Waals surface area contributed by atoms with Gasteiger partial charge in [-0.1, -0.05) is 19.9 Å². The second-order valence-electron chi connectivity index (χ2n) is 6.43. The highest BCUT2D eigenvalue weighted by Gasteiger charge is 2.17. The molecule has 0 aliphatic heterocycles. The standard InChI is InChI=1S/C18H25N5O2.ClH/c1-11(2)17(19)18(25)20-10-16(24)21-14-6-5-7-15(9-14)23-13(4)8-12(3)22-23;/h5-9,11,17H,10,19H2,1-4H3,(H,20,25)(H,21,24);1H/t17-;/m0./s1. The number of nitrogens with one attached hydrogen (secondary N) is 2. The van der Waals surface area contributed by atoms with E-state index in [9.17, 15) is 9.59 Å². The lowest BCUT2D eigenvalue weighted by molar-refractivity contribution is -0.125. The molecule has 0 saturated carbocycles. The smallest absolute Gasteiger partial charge is 0.243 e. The summed E-state index contributed by atoms with van der Waals surface area (Å²) in [6.07, 6.45) is 0. The fourth-order valence-electron chi connectivity index (χ4n) is 2.40. The molecule has 0 unspecified atom stereocenters. The maximum Gasteiger partial charge on any atom is 0.243 e. The van der Waals surface area contributed by atoms with Crippen molar-refractivity contribution in [3.05, 3.63) is 41.7 Å². The number of amides is 2.